The molecule has 0 fully saturated rings. The molecule has 0 unspecified atom stereocenters. The second kappa shape index (κ2) is 7.03. The molecule has 26 heavy (non-hydrogen) atoms. The summed E-state index contributed by atoms with van der Waals surface area (Å²) in [4.78, 5) is 12.1. The molecule has 2 aromatic carbocycles. The van der Waals surface area contributed by atoms with E-state index in [1.165, 1.54) is 12.1 Å². The van der Waals surface area contributed by atoms with Crippen molar-refractivity contribution in [3.63, 3.8) is 0 Å². The molecule has 0 bridgehead atoms. The number of aromatic nitrogens is 1. The topological polar surface area (TPSA) is 55.1 Å². The van der Waals surface area contributed by atoms with E-state index in [0.717, 1.165) is 23.3 Å². The van der Waals surface area contributed by atoms with Crippen LogP contribution in [0.25, 0.3) is 11.3 Å². The van der Waals surface area contributed by atoms with Gasteiger partial charge in [0, 0.05) is 17.2 Å². The maximum atomic E-state index is 12.7. The highest BCUT2D eigenvalue weighted by Crippen LogP contribution is 2.29. The van der Waals surface area contributed by atoms with E-state index in [0.29, 0.717) is 11.5 Å². The van der Waals surface area contributed by atoms with E-state index in [2.05, 4.69) is 10.5 Å². The minimum atomic E-state index is -4.49. The van der Waals surface area contributed by atoms with Gasteiger partial charge in [-0.2, -0.15) is 13.2 Å². The number of halogens is 3. The molecule has 1 heterocycles. The van der Waals surface area contributed by atoms with Gasteiger partial charge in [-0.05, 0) is 25.1 Å². The van der Waals surface area contributed by atoms with Gasteiger partial charge in [0.15, 0.2) is 5.76 Å². The predicted octanol–water partition coefficient (Wildman–Crippen LogP) is 4.60. The first-order chi connectivity index (χ1) is 12.3. The van der Waals surface area contributed by atoms with Crippen LogP contribution in [0.3, 0.4) is 0 Å². The standard InChI is InChI=1S/C19H15F3N2O2/c1-12-5-7-13(8-6-12)17-10-16(24-26-17)11-23-18(25)14-3-2-4-15(9-14)19(20,21)22/h2-10H,11H2,1H3,(H,23,25). The first-order valence-electron chi connectivity index (χ1n) is 7.81. The van der Waals surface area contributed by atoms with Crippen LogP contribution >= 0.6 is 0 Å². The second-order valence-corrected chi connectivity index (χ2v) is 5.81. The number of aryl methyl sites for hydroxylation is 1. The van der Waals surface area contributed by atoms with Crippen LogP contribution in [0.15, 0.2) is 59.1 Å². The maximum Gasteiger partial charge on any atom is 0.416 e. The molecule has 1 N–H and O–H groups in total. The SMILES string of the molecule is Cc1ccc(-c2cc(CNC(=O)c3cccc(C(F)(F)F)c3)no2)cc1. The minimum Gasteiger partial charge on any atom is -0.356 e. The minimum absolute atomic E-state index is 0.0461. The predicted molar refractivity (Wildman–Crippen MR) is 89.3 cm³/mol. The molecule has 1 amide bonds. The van der Waals surface area contributed by atoms with Crippen molar-refractivity contribution in [2.45, 2.75) is 19.6 Å². The third kappa shape index (κ3) is 4.11. The van der Waals surface area contributed by atoms with Crippen LogP contribution in [0.5, 0.6) is 0 Å². The molecule has 0 saturated heterocycles. The number of carbonyl (C=O) groups excluding carboxylic acids is 1. The first kappa shape index (κ1) is 17.7. The summed E-state index contributed by atoms with van der Waals surface area (Å²) in [6.07, 6.45) is -4.49. The van der Waals surface area contributed by atoms with Gasteiger partial charge < -0.3 is 9.84 Å². The molecule has 3 aromatic rings. The summed E-state index contributed by atoms with van der Waals surface area (Å²) in [7, 11) is 0. The number of alkyl halides is 3. The smallest absolute Gasteiger partial charge is 0.356 e. The van der Waals surface area contributed by atoms with Crippen LogP contribution in [0.1, 0.15) is 27.2 Å². The highest BCUT2D eigenvalue weighted by molar-refractivity contribution is 5.94. The lowest BCUT2D eigenvalue weighted by molar-refractivity contribution is -0.137. The van der Waals surface area contributed by atoms with E-state index >= 15 is 0 Å². The van der Waals surface area contributed by atoms with Crippen molar-refractivity contribution in [3.05, 3.63) is 77.0 Å². The van der Waals surface area contributed by atoms with Crippen LogP contribution in [0, 0.1) is 6.92 Å². The number of nitrogens with zero attached hydrogens (tertiary/aromatic N) is 1. The molecule has 0 saturated carbocycles. The summed E-state index contributed by atoms with van der Waals surface area (Å²) >= 11 is 0. The normalized spacial score (nSPS) is 11.4. The van der Waals surface area contributed by atoms with Gasteiger partial charge in [-0.15, -0.1) is 0 Å². The van der Waals surface area contributed by atoms with Crippen LogP contribution in [0.4, 0.5) is 13.2 Å². The Hall–Kier alpha value is -3.09. The number of nitrogens with one attached hydrogen (secondary N) is 1. The molecular weight excluding hydrogens is 345 g/mol. The molecule has 4 nitrogen and oxygen atoms in total. The zero-order valence-corrected chi connectivity index (χ0v) is 13.8. The average molecular weight is 360 g/mol. The van der Waals surface area contributed by atoms with Crippen LogP contribution in [-0.2, 0) is 12.7 Å². The third-order valence-electron chi connectivity index (χ3n) is 3.78. The Morgan fingerprint density at radius 2 is 1.85 bits per heavy atom. The molecule has 134 valence electrons. The Bertz CT molecular complexity index is 915. The van der Waals surface area contributed by atoms with Crippen LogP contribution in [-0.4, -0.2) is 11.1 Å². The summed E-state index contributed by atoms with van der Waals surface area (Å²) in [5, 5.41) is 6.41. The van der Waals surface area contributed by atoms with E-state index in [1.807, 2.05) is 31.2 Å². The van der Waals surface area contributed by atoms with Gasteiger partial charge in [-0.1, -0.05) is 41.1 Å². The van der Waals surface area contributed by atoms with Gasteiger partial charge >= 0.3 is 6.18 Å². The van der Waals surface area contributed by atoms with Crippen molar-refractivity contribution in [3.8, 4) is 11.3 Å². The molecule has 0 atom stereocenters. The Kier molecular flexibility index (Phi) is 4.79. The van der Waals surface area contributed by atoms with E-state index in [1.54, 1.807) is 6.07 Å². The lowest BCUT2D eigenvalue weighted by Crippen LogP contribution is -2.23. The molecule has 0 radical (unpaired) electrons. The quantitative estimate of drug-likeness (QED) is 0.740. The highest BCUT2D eigenvalue weighted by atomic mass is 19.4. The Morgan fingerprint density at radius 3 is 2.54 bits per heavy atom. The molecule has 3 rings (SSSR count). The van der Waals surface area contributed by atoms with E-state index in [-0.39, 0.29) is 12.1 Å². The summed E-state index contributed by atoms with van der Waals surface area (Å²) in [6, 6.07) is 13.6. The third-order valence-corrected chi connectivity index (χ3v) is 3.78. The summed E-state index contributed by atoms with van der Waals surface area (Å²) < 4.78 is 43.4. The summed E-state index contributed by atoms with van der Waals surface area (Å²) in [5.74, 6) is -0.0655. The van der Waals surface area contributed by atoms with Gasteiger partial charge in [-0.25, -0.2) is 0 Å². The van der Waals surface area contributed by atoms with Crippen LogP contribution < -0.4 is 5.32 Å². The molecule has 0 aliphatic rings. The van der Waals surface area contributed by atoms with Gasteiger partial charge in [-0.3, -0.25) is 4.79 Å². The Labute approximate surface area is 147 Å². The fraction of sp³-hybridized carbons (Fsp3) is 0.158. The van der Waals surface area contributed by atoms with Crippen molar-refractivity contribution < 1.29 is 22.5 Å². The second-order valence-electron chi connectivity index (χ2n) is 5.81. The van der Waals surface area contributed by atoms with Gasteiger partial charge in [0.2, 0.25) is 0 Å². The fourth-order valence-electron chi connectivity index (χ4n) is 2.36. The summed E-state index contributed by atoms with van der Waals surface area (Å²) in [6.45, 7) is 2.02. The van der Waals surface area contributed by atoms with E-state index in [9.17, 15) is 18.0 Å². The Morgan fingerprint density at radius 1 is 1.12 bits per heavy atom. The molecule has 0 aliphatic heterocycles. The molecule has 1 aromatic heterocycles. The first-order valence-corrected chi connectivity index (χ1v) is 7.81. The Balaban J connectivity index is 1.66. The number of hydrogen-bond donors (Lipinski definition) is 1. The average Bonchev–Trinajstić information content (AvgIpc) is 3.08. The number of benzene rings is 2. The zero-order valence-electron chi connectivity index (χ0n) is 13.8. The van der Waals surface area contributed by atoms with Crippen molar-refractivity contribution in [1.82, 2.24) is 10.5 Å². The molecule has 0 spiro atoms. The fourth-order valence-corrected chi connectivity index (χ4v) is 2.36. The lowest BCUT2D eigenvalue weighted by Gasteiger charge is -2.08. The van der Waals surface area contributed by atoms with Crippen molar-refractivity contribution >= 4 is 5.91 Å². The van der Waals surface area contributed by atoms with Crippen molar-refractivity contribution in [2.75, 3.05) is 0 Å². The zero-order chi connectivity index (χ0) is 18.7. The largest absolute Gasteiger partial charge is 0.416 e. The molecule has 7 heteroatoms. The number of rotatable bonds is 4. The van der Waals surface area contributed by atoms with Crippen molar-refractivity contribution in [1.29, 1.82) is 0 Å². The molecule has 0 aliphatic carbocycles. The maximum absolute atomic E-state index is 12.7. The number of hydrogen-bond acceptors (Lipinski definition) is 3. The van der Waals surface area contributed by atoms with Crippen LogP contribution in [0.2, 0.25) is 0 Å². The van der Waals surface area contributed by atoms with Gasteiger partial charge in [0.05, 0.1) is 12.1 Å². The molecular formula is C19H15F3N2O2. The summed E-state index contributed by atoms with van der Waals surface area (Å²) in [5.41, 5.74) is 1.50. The van der Waals surface area contributed by atoms with E-state index in [4.69, 9.17) is 4.52 Å². The van der Waals surface area contributed by atoms with Crippen molar-refractivity contribution in [2.24, 2.45) is 0 Å². The highest BCUT2D eigenvalue weighted by Gasteiger charge is 2.30. The van der Waals surface area contributed by atoms with Gasteiger partial charge in [0.25, 0.3) is 5.91 Å². The van der Waals surface area contributed by atoms with E-state index < -0.39 is 17.6 Å². The number of carbonyl (C=O) groups is 1. The number of amides is 1. The lowest BCUT2D eigenvalue weighted by atomic mass is 10.1. The monoisotopic (exact) mass is 360 g/mol. The van der Waals surface area contributed by atoms with Gasteiger partial charge in [0.1, 0.15) is 5.69 Å².